The number of piperazine rings is 1. The van der Waals surface area contributed by atoms with Gasteiger partial charge in [-0.2, -0.15) is 4.31 Å². The smallest absolute Gasteiger partial charge is 0.243 e. The Morgan fingerprint density at radius 1 is 0.963 bits per heavy atom. The number of para-hydroxylation sites is 1. The molecular weight excluding hydrogens is 364 g/mol. The molecule has 7 heteroatoms. The van der Waals surface area contributed by atoms with Gasteiger partial charge in [-0.3, -0.25) is 4.90 Å². The van der Waals surface area contributed by atoms with Crippen molar-refractivity contribution in [1.29, 1.82) is 0 Å². The Balaban J connectivity index is 1.50. The largest absolute Gasteiger partial charge is 0.497 e. The average Bonchev–Trinajstić information content (AvgIpc) is 2.70. The van der Waals surface area contributed by atoms with Gasteiger partial charge in [-0.05, 0) is 42.8 Å². The number of aryl methyl sites for hydroxylation is 1. The van der Waals surface area contributed by atoms with E-state index in [2.05, 4.69) is 4.90 Å². The summed E-state index contributed by atoms with van der Waals surface area (Å²) < 4.78 is 38.0. The molecule has 1 heterocycles. The lowest BCUT2D eigenvalue weighted by molar-refractivity contribution is 0.158. The van der Waals surface area contributed by atoms with E-state index in [-0.39, 0.29) is 0 Å². The number of hydrogen-bond acceptors (Lipinski definition) is 5. The summed E-state index contributed by atoms with van der Waals surface area (Å²) in [6, 6.07) is 14.5. The normalized spacial score (nSPS) is 16.2. The number of hydrogen-bond donors (Lipinski definition) is 0. The predicted molar refractivity (Wildman–Crippen MR) is 105 cm³/mol. The zero-order valence-electron chi connectivity index (χ0n) is 15.8. The molecule has 0 aromatic heterocycles. The quantitative estimate of drug-likeness (QED) is 0.727. The summed E-state index contributed by atoms with van der Waals surface area (Å²) in [5.41, 5.74) is 1.12. The van der Waals surface area contributed by atoms with Gasteiger partial charge in [-0.25, -0.2) is 8.42 Å². The molecule has 0 aliphatic carbocycles. The Morgan fingerprint density at radius 2 is 1.63 bits per heavy atom. The molecule has 3 rings (SSSR count). The molecule has 6 nitrogen and oxygen atoms in total. The molecule has 2 aromatic rings. The van der Waals surface area contributed by atoms with Crippen molar-refractivity contribution in [3.05, 3.63) is 54.1 Å². The fourth-order valence-electron chi connectivity index (χ4n) is 3.09. The van der Waals surface area contributed by atoms with Crippen molar-refractivity contribution in [1.82, 2.24) is 9.21 Å². The molecule has 0 saturated carbocycles. The van der Waals surface area contributed by atoms with Crippen LogP contribution in [0, 0.1) is 6.92 Å². The highest BCUT2D eigenvalue weighted by atomic mass is 32.2. The minimum absolute atomic E-state index is 0.305. The molecular formula is C20H26N2O4S. The van der Waals surface area contributed by atoms with E-state index in [1.807, 2.05) is 31.2 Å². The average molecular weight is 391 g/mol. The Morgan fingerprint density at radius 3 is 2.26 bits per heavy atom. The number of sulfonamides is 1. The molecule has 1 saturated heterocycles. The predicted octanol–water partition coefficient (Wildman–Crippen LogP) is 2.39. The molecule has 2 aromatic carbocycles. The molecule has 1 fully saturated rings. The zero-order chi connectivity index (χ0) is 19.3. The summed E-state index contributed by atoms with van der Waals surface area (Å²) in [7, 11) is -1.90. The molecule has 0 spiro atoms. The van der Waals surface area contributed by atoms with E-state index in [1.165, 1.54) is 0 Å². The number of benzene rings is 2. The van der Waals surface area contributed by atoms with Crippen LogP contribution in [0.2, 0.25) is 0 Å². The lowest BCUT2D eigenvalue weighted by Crippen LogP contribution is -2.49. The van der Waals surface area contributed by atoms with Crippen molar-refractivity contribution in [3.8, 4) is 11.5 Å². The van der Waals surface area contributed by atoms with Crippen LogP contribution >= 0.6 is 0 Å². The molecule has 0 bridgehead atoms. The van der Waals surface area contributed by atoms with Gasteiger partial charge < -0.3 is 9.47 Å². The van der Waals surface area contributed by atoms with E-state index in [0.29, 0.717) is 43.4 Å². The van der Waals surface area contributed by atoms with Crippen LogP contribution in [0.25, 0.3) is 0 Å². The summed E-state index contributed by atoms with van der Waals surface area (Å²) in [5, 5.41) is 0. The zero-order valence-corrected chi connectivity index (χ0v) is 16.6. The van der Waals surface area contributed by atoms with Crippen LogP contribution in [0.1, 0.15) is 5.56 Å². The molecule has 0 atom stereocenters. The molecule has 146 valence electrons. The second kappa shape index (κ2) is 8.73. The van der Waals surface area contributed by atoms with Crippen LogP contribution in [-0.2, 0) is 10.0 Å². The standard InChI is InChI=1S/C20H26N2O4S/c1-17-5-3-4-6-20(17)26-16-15-21-11-13-22(14-12-21)27(23,24)19-9-7-18(25-2)8-10-19/h3-10H,11-16H2,1-2H3. The summed E-state index contributed by atoms with van der Waals surface area (Å²) in [6.07, 6.45) is 0. The monoisotopic (exact) mass is 390 g/mol. The first-order valence-corrected chi connectivity index (χ1v) is 10.5. The Bertz CT molecular complexity index is 845. The number of methoxy groups -OCH3 is 1. The summed E-state index contributed by atoms with van der Waals surface area (Å²) >= 11 is 0. The number of rotatable bonds is 7. The third-order valence-corrected chi connectivity index (χ3v) is 6.70. The SMILES string of the molecule is COc1ccc(S(=O)(=O)N2CCN(CCOc3ccccc3C)CC2)cc1. The number of nitrogens with zero attached hydrogens (tertiary/aromatic N) is 2. The highest BCUT2D eigenvalue weighted by Gasteiger charge is 2.28. The first kappa shape index (κ1) is 19.7. The minimum atomic E-state index is -3.46. The Labute approximate surface area is 161 Å². The van der Waals surface area contributed by atoms with Gasteiger partial charge in [0.05, 0.1) is 12.0 Å². The second-order valence-corrected chi connectivity index (χ2v) is 8.47. The van der Waals surface area contributed by atoms with Crippen molar-refractivity contribution in [2.75, 3.05) is 46.4 Å². The van der Waals surface area contributed by atoms with Gasteiger partial charge in [0.25, 0.3) is 0 Å². The molecule has 27 heavy (non-hydrogen) atoms. The van der Waals surface area contributed by atoms with Crippen molar-refractivity contribution >= 4 is 10.0 Å². The molecule has 0 radical (unpaired) electrons. The van der Waals surface area contributed by atoms with Gasteiger partial charge in [-0.1, -0.05) is 18.2 Å². The maximum atomic E-state index is 12.8. The lowest BCUT2D eigenvalue weighted by Gasteiger charge is -2.33. The summed E-state index contributed by atoms with van der Waals surface area (Å²) in [4.78, 5) is 2.54. The molecule has 0 N–H and O–H groups in total. The maximum absolute atomic E-state index is 12.8. The number of ether oxygens (including phenoxy) is 2. The van der Waals surface area contributed by atoms with Crippen LogP contribution in [0.4, 0.5) is 0 Å². The van der Waals surface area contributed by atoms with Crippen molar-refractivity contribution < 1.29 is 17.9 Å². The topological polar surface area (TPSA) is 59.1 Å². The third kappa shape index (κ3) is 4.80. The van der Waals surface area contributed by atoms with Crippen molar-refractivity contribution in [2.24, 2.45) is 0 Å². The summed E-state index contributed by atoms with van der Waals surface area (Å²) in [6.45, 7) is 5.77. The Kier molecular flexibility index (Phi) is 6.36. The fourth-order valence-corrected chi connectivity index (χ4v) is 4.52. The third-order valence-electron chi connectivity index (χ3n) is 4.79. The van der Waals surface area contributed by atoms with E-state index in [0.717, 1.165) is 17.9 Å². The maximum Gasteiger partial charge on any atom is 0.243 e. The van der Waals surface area contributed by atoms with Crippen LogP contribution in [0.3, 0.4) is 0 Å². The lowest BCUT2D eigenvalue weighted by atomic mass is 10.2. The highest BCUT2D eigenvalue weighted by molar-refractivity contribution is 7.89. The highest BCUT2D eigenvalue weighted by Crippen LogP contribution is 2.21. The second-order valence-electron chi connectivity index (χ2n) is 6.54. The van der Waals surface area contributed by atoms with Crippen molar-refractivity contribution in [2.45, 2.75) is 11.8 Å². The minimum Gasteiger partial charge on any atom is -0.497 e. The van der Waals surface area contributed by atoms with E-state index >= 15 is 0 Å². The molecule has 0 unspecified atom stereocenters. The van der Waals surface area contributed by atoms with E-state index < -0.39 is 10.0 Å². The van der Waals surface area contributed by atoms with E-state index in [4.69, 9.17) is 9.47 Å². The van der Waals surface area contributed by atoms with Gasteiger partial charge in [0, 0.05) is 32.7 Å². The van der Waals surface area contributed by atoms with E-state index in [1.54, 1.807) is 35.7 Å². The Hall–Kier alpha value is -2.09. The van der Waals surface area contributed by atoms with Crippen LogP contribution in [0.5, 0.6) is 11.5 Å². The first-order chi connectivity index (χ1) is 13.0. The van der Waals surface area contributed by atoms with Gasteiger partial charge in [-0.15, -0.1) is 0 Å². The molecule has 0 amide bonds. The first-order valence-electron chi connectivity index (χ1n) is 9.06. The molecule has 1 aliphatic rings. The van der Waals surface area contributed by atoms with Crippen LogP contribution in [-0.4, -0.2) is 64.1 Å². The van der Waals surface area contributed by atoms with Gasteiger partial charge >= 0.3 is 0 Å². The van der Waals surface area contributed by atoms with Crippen LogP contribution < -0.4 is 9.47 Å². The van der Waals surface area contributed by atoms with E-state index in [9.17, 15) is 8.42 Å². The fraction of sp³-hybridized carbons (Fsp3) is 0.400. The van der Waals surface area contributed by atoms with Crippen LogP contribution in [0.15, 0.2) is 53.4 Å². The van der Waals surface area contributed by atoms with Gasteiger partial charge in [0.15, 0.2) is 0 Å². The van der Waals surface area contributed by atoms with Gasteiger partial charge in [0.2, 0.25) is 10.0 Å². The van der Waals surface area contributed by atoms with Crippen molar-refractivity contribution in [3.63, 3.8) is 0 Å². The molecule has 1 aliphatic heterocycles. The van der Waals surface area contributed by atoms with Gasteiger partial charge in [0.1, 0.15) is 18.1 Å². The summed E-state index contributed by atoms with van der Waals surface area (Å²) in [5.74, 6) is 1.55.